The molecule has 3 aromatic rings. The number of benzene rings is 1. The third kappa shape index (κ3) is 6.54. The Morgan fingerprint density at radius 3 is 2.63 bits per heavy atom. The van der Waals surface area contributed by atoms with Crippen molar-refractivity contribution in [2.75, 3.05) is 31.2 Å². The topological polar surface area (TPSA) is 78.2 Å². The predicted octanol–water partition coefficient (Wildman–Crippen LogP) is 6.12. The molecule has 218 valence electrons. The van der Waals surface area contributed by atoms with E-state index in [1.807, 2.05) is 51.3 Å². The molecule has 0 aliphatic carbocycles. The van der Waals surface area contributed by atoms with E-state index < -0.39 is 17.7 Å². The zero-order valence-corrected chi connectivity index (χ0v) is 25.1. The van der Waals surface area contributed by atoms with Gasteiger partial charge in [0.05, 0.1) is 35.7 Å². The number of rotatable bonds is 4. The summed E-state index contributed by atoms with van der Waals surface area (Å²) in [6, 6.07) is 10.4. The molecule has 8 heteroatoms. The summed E-state index contributed by atoms with van der Waals surface area (Å²) < 4.78 is 20.2. The Bertz CT molecular complexity index is 1460. The second kappa shape index (κ2) is 11.8. The van der Waals surface area contributed by atoms with Gasteiger partial charge in [-0.2, -0.15) is 9.61 Å². The largest absolute Gasteiger partial charge is 0.464 e. The molecule has 4 bridgehead atoms. The number of fused-ring (bicyclic) bond motifs is 5. The summed E-state index contributed by atoms with van der Waals surface area (Å²) in [5.41, 5.74) is 4.55. The zero-order chi connectivity index (χ0) is 29.2. The Labute approximate surface area is 243 Å². The van der Waals surface area contributed by atoms with Crippen LogP contribution in [0.15, 0.2) is 42.5 Å². The van der Waals surface area contributed by atoms with Crippen LogP contribution in [-0.2, 0) is 25.4 Å². The van der Waals surface area contributed by atoms with Gasteiger partial charge >= 0.3 is 5.97 Å². The van der Waals surface area contributed by atoms with Crippen LogP contribution in [0.1, 0.15) is 81.6 Å². The molecule has 0 amide bonds. The molecule has 1 fully saturated rings. The van der Waals surface area contributed by atoms with Crippen LogP contribution in [0.2, 0.25) is 0 Å². The highest BCUT2D eigenvalue weighted by Crippen LogP contribution is 2.38. The van der Waals surface area contributed by atoms with Gasteiger partial charge < -0.3 is 19.1 Å². The Hall–Kier alpha value is -3.49. The number of hydrogen-bond acceptors (Lipinski definition) is 7. The molecule has 0 radical (unpaired) electrons. The van der Waals surface area contributed by atoms with Crippen LogP contribution in [0.3, 0.4) is 0 Å². The average Bonchev–Trinajstić information content (AvgIpc) is 3.32. The molecule has 0 spiro atoms. The molecule has 41 heavy (non-hydrogen) atoms. The van der Waals surface area contributed by atoms with Crippen molar-refractivity contribution in [1.29, 1.82) is 0 Å². The summed E-state index contributed by atoms with van der Waals surface area (Å²) in [4.78, 5) is 20.6. The van der Waals surface area contributed by atoms with E-state index in [4.69, 9.17) is 24.3 Å². The van der Waals surface area contributed by atoms with Gasteiger partial charge in [0.25, 0.3) is 0 Å². The smallest absolute Gasteiger partial charge is 0.340 e. The lowest BCUT2D eigenvalue weighted by molar-refractivity contribution is -0.166. The van der Waals surface area contributed by atoms with Crippen LogP contribution in [0.4, 0.5) is 5.82 Å². The molecule has 3 aliphatic heterocycles. The SMILES string of the molecule is CCOC(=O)[C@@H](OC(C)(C)C)c1c(C)nc2cc3nn2c1N1CCC(C)(CC1)OCC=Cc1ccccc1CC=C3. The number of piperidine rings is 1. The molecule has 0 unspecified atom stereocenters. The minimum absolute atomic E-state index is 0.255. The first-order chi connectivity index (χ1) is 19.6. The van der Waals surface area contributed by atoms with Crippen LogP contribution < -0.4 is 4.90 Å². The molecule has 8 nitrogen and oxygen atoms in total. The summed E-state index contributed by atoms with van der Waals surface area (Å²) in [5, 5.41) is 4.99. The lowest BCUT2D eigenvalue weighted by Crippen LogP contribution is -2.45. The van der Waals surface area contributed by atoms with Crippen molar-refractivity contribution in [2.24, 2.45) is 0 Å². The monoisotopic (exact) mass is 558 g/mol. The molecule has 0 N–H and O–H groups in total. The Morgan fingerprint density at radius 1 is 1.15 bits per heavy atom. The van der Waals surface area contributed by atoms with Crippen molar-refractivity contribution in [1.82, 2.24) is 14.6 Å². The molecular weight excluding hydrogens is 516 g/mol. The van der Waals surface area contributed by atoms with Gasteiger partial charge in [0.15, 0.2) is 11.8 Å². The number of carbonyl (C=O) groups is 1. The second-order valence-corrected chi connectivity index (χ2v) is 12.1. The number of esters is 1. The number of anilines is 1. The van der Waals surface area contributed by atoms with E-state index in [-0.39, 0.29) is 12.2 Å². The number of carbonyl (C=O) groups excluding carboxylic acids is 1. The van der Waals surface area contributed by atoms with E-state index >= 15 is 0 Å². The molecule has 5 heterocycles. The van der Waals surface area contributed by atoms with Crippen LogP contribution in [0, 0.1) is 6.92 Å². The Kier molecular flexibility index (Phi) is 8.34. The van der Waals surface area contributed by atoms with E-state index in [1.54, 1.807) is 0 Å². The lowest BCUT2D eigenvalue weighted by atomic mass is 9.92. The first-order valence-electron chi connectivity index (χ1n) is 14.6. The fraction of sp³-hybridized carbons (Fsp3) is 0.485. The predicted molar refractivity (Wildman–Crippen MR) is 162 cm³/mol. The van der Waals surface area contributed by atoms with E-state index in [0.29, 0.717) is 12.2 Å². The van der Waals surface area contributed by atoms with E-state index in [0.717, 1.165) is 55.2 Å². The zero-order valence-electron chi connectivity index (χ0n) is 25.1. The van der Waals surface area contributed by atoms with Crippen molar-refractivity contribution in [2.45, 2.75) is 78.1 Å². The molecular formula is C33H42N4O4. The average molecular weight is 559 g/mol. The number of allylic oxidation sites excluding steroid dienone is 1. The number of aryl methyl sites for hydroxylation is 1. The van der Waals surface area contributed by atoms with Gasteiger partial charge in [0.1, 0.15) is 5.82 Å². The van der Waals surface area contributed by atoms with E-state index in [2.05, 4.69) is 54.3 Å². The summed E-state index contributed by atoms with van der Waals surface area (Å²) in [7, 11) is 0. The summed E-state index contributed by atoms with van der Waals surface area (Å²) in [6.45, 7) is 14.1. The van der Waals surface area contributed by atoms with Gasteiger partial charge in [-0.15, -0.1) is 0 Å². The third-order valence-corrected chi connectivity index (χ3v) is 7.68. The number of ether oxygens (including phenoxy) is 3. The standard InChI is InChI=1S/C33H42N4O4/c1-7-39-31(38)29(41-32(3,4)5)28-23(2)34-27-22-26-16-10-14-24-12-8-9-13-25(24)15-11-21-40-33(6)17-19-36(20-18-33)30(28)37(27)35-26/h8-13,15-16,22,29H,7,14,17-21H2,1-6H3/t29-/m0/s1. The van der Waals surface area contributed by atoms with Crippen molar-refractivity contribution >= 4 is 29.6 Å². The highest BCUT2D eigenvalue weighted by Gasteiger charge is 2.38. The quantitative estimate of drug-likeness (QED) is 0.357. The molecule has 3 aliphatic rings. The van der Waals surface area contributed by atoms with Gasteiger partial charge in [0.2, 0.25) is 0 Å². The van der Waals surface area contributed by atoms with Crippen molar-refractivity contribution in [3.05, 3.63) is 70.6 Å². The molecule has 1 saturated heterocycles. The van der Waals surface area contributed by atoms with Gasteiger partial charge in [-0.25, -0.2) is 9.78 Å². The summed E-state index contributed by atoms with van der Waals surface area (Å²) in [6.07, 6.45) is 9.93. The van der Waals surface area contributed by atoms with Crippen molar-refractivity contribution in [3.8, 4) is 0 Å². The van der Waals surface area contributed by atoms with Gasteiger partial charge in [0, 0.05) is 24.8 Å². The lowest BCUT2D eigenvalue weighted by Gasteiger charge is -2.41. The molecule has 1 aromatic carbocycles. The highest BCUT2D eigenvalue weighted by atomic mass is 16.6. The van der Waals surface area contributed by atoms with Crippen LogP contribution in [0.5, 0.6) is 0 Å². The van der Waals surface area contributed by atoms with E-state index in [9.17, 15) is 4.79 Å². The minimum Gasteiger partial charge on any atom is -0.464 e. The van der Waals surface area contributed by atoms with Crippen LogP contribution in [0.25, 0.3) is 17.8 Å². The Balaban J connectivity index is 1.66. The maximum Gasteiger partial charge on any atom is 0.340 e. The molecule has 1 atom stereocenters. The maximum absolute atomic E-state index is 13.4. The molecule has 2 aromatic heterocycles. The fourth-order valence-electron chi connectivity index (χ4n) is 5.57. The van der Waals surface area contributed by atoms with Gasteiger partial charge in [-0.1, -0.05) is 42.5 Å². The first-order valence-corrected chi connectivity index (χ1v) is 14.6. The van der Waals surface area contributed by atoms with E-state index in [1.165, 1.54) is 11.1 Å². The number of aromatic nitrogens is 3. The first kappa shape index (κ1) is 29.0. The second-order valence-electron chi connectivity index (χ2n) is 12.1. The van der Waals surface area contributed by atoms with Crippen molar-refractivity contribution in [3.63, 3.8) is 0 Å². The van der Waals surface area contributed by atoms with Crippen molar-refractivity contribution < 1.29 is 19.0 Å². The highest BCUT2D eigenvalue weighted by molar-refractivity contribution is 5.80. The summed E-state index contributed by atoms with van der Waals surface area (Å²) >= 11 is 0. The molecule has 0 saturated carbocycles. The summed E-state index contributed by atoms with van der Waals surface area (Å²) in [5.74, 6) is 0.403. The number of hydrogen-bond donors (Lipinski definition) is 0. The minimum atomic E-state index is -0.939. The van der Waals surface area contributed by atoms with Gasteiger partial charge in [-0.3, -0.25) is 0 Å². The van der Waals surface area contributed by atoms with Gasteiger partial charge in [-0.05, 0) is 78.0 Å². The fourth-order valence-corrected chi connectivity index (χ4v) is 5.57. The normalized spacial score (nSPS) is 18.0. The van der Waals surface area contributed by atoms with Crippen LogP contribution in [-0.4, -0.2) is 58.1 Å². The Morgan fingerprint density at radius 2 is 1.90 bits per heavy atom. The van der Waals surface area contributed by atoms with Crippen LogP contribution >= 0.6 is 0 Å². The number of nitrogens with zero attached hydrogens (tertiary/aromatic N) is 4. The maximum atomic E-state index is 13.4. The molecule has 6 rings (SSSR count). The third-order valence-electron chi connectivity index (χ3n) is 7.68.